The largest absolute Gasteiger partial charge is 0.479 e. The Morgan fingerprint density at radius 1 is 1.16 bits per heavy atom. The molecular weight excluding hydrogens is 314 g/mol. The molecule has 1 fully saturated rings. The van der Waals surface area contributed by atoms with Crippen LogP contribution in [0.3, 0.4) is 0 Å². The molecule has 0 unspecified atom stereocenters. The average molecular weight is 337 g/mol. The van der Waals surface area contributed by atoms with Gasteiger partial charge in [0.1, 0.15) is 17.9 Å². The summed E-state index contributed by atoms with van der Waals surface area (Å²) in [5.74, 6) is 6.54. The summed E-state index contributed by atoms with van der Waals surface area (Å²) >= 11 is 0. The SMILES string of the molecule is O=C(NCC#CCOc1cccc2cccnc12)NC1CCCCC1. The molecule has 0 spiro atoms. The Hall–Kier alpha value is -2.74. The van der Waals surface area contributed by atoms with Gasteiger partial charge in [-0.15, -0.1) is 0 Å². The molecule has 1 aliphatic carbocycles. The van der Waals surface area contributed by atoms with Crippen LogP contribution in [0.25, 0.3) is 10.9 Å². The monoisotopic (exact) mass is 337 g/mol. The van der Waals surface area contributed by atoms with E-state index in [1.807, 2.05) is 30.3 Å². The van der Waals surface area contributed by atoms with Gasteiger partial charge in [-0.25, -0.2) is 4.79 Å². The number of ether oxygens (including phenoxy) is 1. The summed E-state index contributed by atoms with van der Waals surface area (Å²) in [6.45, 7) is 0.581. The molecule has 5 heteroatoms. The maximum atomic E-state index is 11.8. The second-order valence-corrected chi connectivity index (χ2v) is 6.14. The summed E-state index contributed by atoms with van der Waals surface area (Å²) in [5.41, 5.74) is 0.830. The molecule has 1 aliphatic rings. The number of fused-ring (bicyclic) bond motifs is 1. The highest BCUT2D eigenvalue weighted by molar-refractivity contribution is 5.84. The van der Waals surface area contributed by atoms with Crippen LogP contribution in [0.5, 0.6) is 5.75 Å². The number of carbonyl (C=O) groups excluding carboxylic acids is 1. The van der Waals surface area contributed by atoms with Gasteiger partial charge in [0.2, 0.25) is 0 Å². The molecule has 25 heavy (non-hydrogen) atoms. The number of aromatic nitrogens is 1. The Bertz CT molecular complexity index is 768. The Morgan fingerprint density at radius 2 is 2.00 bits per heavy atom. The van der Waals surface area contributed by atoms with Gasteiger partial charge in [0, 0.05) is 17.6 Å². The number of carbonyl (C=O) groups is 1. The number of nitrogens with one attached hydrogen (secondary N) is 2. The van der Waals surface area contributed by atoms with E-state index in [0.717, 1.165) is 29.5 Å². The molecule has 1 saturated carbocycles. The first-order chi connectivity index (χ1) is 12.3. The summed E-state index contributed by atoms with van der Waals surface area (Å²) in [7, 11) is 0. The first-order valence-corrected chi connectivity index (χ1v) is 8.79. The molecule has 1 aromatic carbocycles. The van der Waals surface area contributed by atoms with Crippen LogP contribution >= 0.6 is 0 Å². The van der Waals surface area contributed by atoms with E-state index in [0.29, 0.717) is 12.6 Å². The zero-order valence-corrected chi connectivity index (χ0v) is 14.3. The van der Waals surface area contributed by atoms with Gasteiger partial charge in [-0.1, -0.05) is 49.3 Å². The Kier molecular flexibility index (Phi) is 6.11. The Balaban J connectivity index is 1.40. The van der Waals surface area contributed by atoms with Crippen LogP contribution in [0, 0.1) is 11.8 Å². The number of amides is 2. The smallest absolute Gasteiger partial charge is 0.315 e. The zero-order valence-electron chi connectivity index (χ0n) is 14.3. The number of nitrogens with zero attached hydrogens (tertiary/aromatic N) is 1. The van der Waals surface area contributed by atoms with E-state index < -0.39 is 0 Å². The van der Waals surface area contributed by atoms with Crippen molar-refractivity contribution in [3.8, 4) is 17.6 Å². The molecule has 0 atom stereocenters. The Labute approximate surface area is 148 Å². The first kappa shape index (κ1) is 17.1. The van der Waals surface area contributed by atoms with E-state index in [-0.39, 0.29) is 12.6 Å². The van der Waals surface area contributed by atoms with Gasteiger partial charge in [-0.05, 0) is 25.0 Å². The van der Waals surface area contributed by atoms with Gasteiger partial charge < -0.3 is 15.4 Å². The van der Waals surface area contributed by atoms with E-state index in [1.54, 1.807) is 6.20 Å². The molecule has 0 aliphatic heterocycles. The summed E-state index contributed by atoms with van der Waals surface area (Å²) in [6.07, 6.45) is 7.57. The van der Waals surface area contributed by atoms with Crippen molar-refractivity contribution in [2.24, 2.45) is 0 Å². The molecule has 130 valence electrons. The predicted octanol–water partition coefficient (Wildman–Crippen LogP) is 3.25. The highest BCUT2D eigenvalue weighted by atomic mass is 16.5. The second-order valence-electron chi connectivity index (χ2n) is 6.14. The van der Waals surface area contributed by atoms with E-state index in [9.17, 15) is 4.79 Å². The molecule has 2 aromatic rings. The fraction of sp³-hybridized carbons (Fsp3) is 0.400. The highest BCUT2D eigenvalue weighted by Crippen LogP contribution is 2.22. The van der Waals surface area contributed by atoms with Gasteiger partial charge >= 0.3 is 6.03 Å². The zero-order chi connectivity index (χ0) is 17.3. The Morgan fingerprint density at radius 3 is 2.88 bits per heavy atom. The van der Waals surface area contributed by atoms with E-state index in [1.165, 1.54) is 19.3 Å². The maximum Gasteiger partial charge on any atom is 0.315 e. The number of benzene rings is 1. The normalized spacial score (nSPS) is 14.4. The predicted molar refractivity (Wildman–Crippen MR) is 98.4 cm³/mol. The summed E-state index contributed by atoms with van der Waals surface area (Å²) in [5, 5.41) is 6.80. The van der Waals surface area contributed by atoms with Crippen LogP contribution in [0.1, 0.15) is 32.1 Å². The number of hydrogen-bond donors (Lipinski definition) is 2. The minimum absolute atomic E-state index is 0.139. The van der Waals surface area contributed by atoms with Crippen molar-refractivity contribution < 1.29 is 9.53 Å². The fourth-order valence-electron chi connectivity index (χ4n) is 3.03. The van der Waals surface area contributed by atoms with Crippen LogP contribution in [0.4, 0.5) is 4.79 Å². The number of rotatable bonds is 4. The fourth-order valence-corrected chi connectivity index (χ4v) is 3.03. The molecule has 0 radical (unpaired) electrons. The molecule has 0 saturated heterocycles. The van der Waals surface area contributed by atoms with Crippen LogP contribution < -0.4 is 15.4 Å². The van der Waals surface area contributed by atoms with E-state index in [2.05, 4.69) is 27.5 Å². The molecule has 1 aromatic heterocycles. The van der Waals surface area contributed by atoms with Crippen LogP contribution in [-0.4, -0.2) is 30.2 Å². The van der Waals surface area contributed by atoms with Crippen LogP contribution in [0.15, 0.2) is 36.5 Å². The van der Waals surface area contributed by atoms with E-state index in [4.69, 9.17) is 4.74 Å². The molecule has 5 nitrogen and oxygen atoms in total. The van der Waals surface area contributed by atoms with Crippen molar-refractivity contribution in [1.82, 2.24) is 15.6 Å². The van der Waals surface area contributed by atoms with Crippen LogP contribution in [0.2, 0.25) is 0 Å². The number of urea groups is 1. The third-order valence-corrected chi connectivity index (χ3v) is 4.30. The van der Waals surface area contributed by atoms with Crippen molar-refractivity contribution in [2.75, 3.05) is 13.2 Å². The average Bonchev–Trinajstić information content (AvgIpc) is 2.65. The highest BCUT2D eigenvalue weighted by Gasteiger charge is 2.14. The van der Waals surface area contributed by atoms with Gasteiger partial charge in [-0.3, -0.25) is 4.98 Å². The minimum atomic E-state index is -0.139. The van der Waals surface area contributed by atoms with Crippen molar-refractivity contribution in [1.29, 1.82) is 0 Å². The van der Waals surface area contributed by atoms with Crippen LogP contribution in [-0.2, 0) is 0 Å². The summed E-state index contributed by atoms with van der Waals surface area (Å²) < 4.78 is 5.68. The van der Waals surface area contributed by atoms with Gasteiger partial charge in [0.05, 0.1) is 6.54 Å². The van der Waals surface area contributed by atoms with Crippen molar-refractivity contribution in [3.63, 3.8) is 0 Å². The number of pyridine rings is 1. The van der Waals surface area contributed by atoms with Crippen molar-refractivity contribution in [2.45, 2.75) is 38.1 Å². The third kappa shape index (κ3) is 5.12. The van der Waals surface area contributed by atoms with Gasteiger partial charge in [-0.2, -0.15) is 0 Å². The lowest BCUT2D eigenvalue weighted by molar-refractivity contribution is 0.234. The van der Waals surface area contributed by atoms with E-state index >= 15 is 0 Å². The standard InChI is InChI=1S/C20H23N3O2/c24-20(23-17-10-2-1-3-11-17)22-13-4-5-15-25-18-12-6-8-16-9-7-14-21-19(16)18/h6-9,12,14,17H,1-3,10-11,13,15H2,(H2,22,23,24). The molecule has 2 N–H and O–H groups in total. The lowest BCUT2D eigenvalue weighted by atomic mass is 9.96. The lowest BCUT2D eigenvalue weighted by Gasteiger charge is -2.22. The van der Waals surface area contributed by atoms with Gasteiger partial charge in [0.15, 0.2) is 0 Å². The maximum absolute atomic E-state index is 11.8. The third-order valence-electron chi connectivity index (χ3n) is 4.30. The number of para-hydroxylation sites is 1. The quantitative estimate of drug-likeness (QED) is 0.842. The molecule has 3 rings (SSSR count). The summed E-state index contributed by atoms with van der Waals surface area (Å²) in [4.78, 5) is 16.1. The molecule has 2 amide bonds. The molecule has 1 heterocycles. The molecule has 0 bridgehead atoms. The second kappa shape index (κ2) is 8.93. The topological polar surface area (TPSA) is 63.2 Å². The lowest BCUT2D eigenvalue weighted by Crippen LogP contribution is -2.42. The van der Waals surface area contributed by atoms with Gasteiger partial charge in [0.25, 0.3) is 0 Å². The van der Waals surface area contributed by atoms with Crippen molar-refractivity contribution in [3.05, 3.63) is 36.5 Å². The van der Waals surface area contributed by atoms with Crippen molar-refractivity contribution >= 4 is 16.9 Å². The first-order valence-electron chi connectivity index (χ1n) is 8.79. The molecular formula is C20H23N3O2. The minimum Gasteiger partial charge on any atom is -0.479 e. The number of hydrogen-bond acceptors (Lipinski definition) is 3. The summed E-state index contributed by atoms with van der Waals surface area (Å²) in [6, 6.07) is 9.88.